The number of halogens is 1. The molecule has 0 amide bonds. The predicted octanol–water partition coefficient (Wildman–Crippen LogP) is 2.45. The average Bonchev–Trinajstić information content (AvgIpc) is 2.41. The Hall–Kier alpha value is -0.670. The molecule has 1 unspecified atom stereocenters. The van der Waals surface area contributed by atoms with E-state index in [9.17, 15) is 5.11 Å². The molecule has 1 atom stereocenters. The first-order valence-electron chi connectivity index (χ1n) is 6.42. The molecule has 0 radical (unpaired) electrons. The summed E-state index contributed by atoms with van der Waals surface area (Å²) in [4.78, 5) is 0. The van der Waals surface area contributed by atoms with Crippen molar-refractivity contribution in [2.24, 2.45) is 0 Å². The van der Waals surface area contributed by atoms with E-state index in [-0.39, 0.29) is 6.61 Å². The number of terminal acetylenes is 1. The molecule has 0 spiro atoms. The van der Waals surface area contributed by atoms with Crippen molar-refractivity contribution in [2.75, 3.05) is 31.2 Å². The zero-order valence-corrected chi connectivity index (χ0v) is 14.0. The average molecular weight is 358 g/mol. The van der Waals surface area contributed by atoms with Crippen LogP contribution < -0.4 is 10.1 Å². The molecule has 0 aliphatic carbocycles. The van der Waals surface area contributed by atoms with E-state index in [0.717, 1.165) is 33.8 Å². The van der Waals surface area contributed by atoms with Crippen LogP contribution in [-0.2, 0) is 0 Å². The summed E-state index contributed by atoms with van der Waals surface area (Å²) in [6.07, 6.45) is 4.63. The van der Waals surface area contributed by atoms with Gasteiger partial charge in [-0.3, -0.25) is 0 Å². The van der Waals surface area contributed by atoms with Crippen molar-refractivity contribution in [1.29, 1.82) is 0 Å². The number of benzene rings is 1. The Kier molecular flexibility index (Phi) is 8.79. The molecule has 0 aliphatic rings. The van der Waals surface area contributed by atoms with Gasteiger partial charge < -0.3 is 15.2 Å². The summed E-state index contributed by atoms with van der Waals surface area (Å²) in [5.41, 5.74) is 1.16. The van der Waals surface area contributed by atoms with E-state index < -0.39 is 6.10 Å². The Bertz CT molecular complexity index is 448. The molecular formula is C15H20BrNO2S. The van der Waals surface area contributed by atoms with Crippen molar-refractivity contribution in [3.8, 4) is 18.1 Å². The lowest BCUT2D eigenvalue weighted by atomic mass is 10.2. The van der Waals surface area contributed by atoms with Crippen LogP contribution in [0.15, 0.2) is 22.7 Å². The molecule has 0 bridgehead atoms. The Morgan fingerprint density at radius 2 is 2.35 bits per heavy atom. The molecule has 5 heteroatoms. The predicted molar refractivity (Wildman–Crippen MR) is 89.4 cm³/mol. The van der Waals surface area contributed by atoms with Crippen LogP contribution in [0.5, 0.6) is 5.75 Å². The molecule has 1 rings (SSSR count). The zero-order chi connectivity index (χ0) is 14.8. The molecule has 1 aromatic carbocycles. The lowest BCUT2D eigenvalue weighted by Gasteiger charge is -2.14. The number of aliphatic hydroxyl groups is 1. The molecule has 1 aromatic rings. The fraction of sp³-hybridized carbons (Fsp3) is 0.467. The van der Waals surface area contributed by atoms with E-state index in [4.69, 9.17) is 11.2 Å². The van der Waals surface area contributed by atoms with Gasteiger partial charge in [-0.15, -0.1) is 18.2 Å². The van der Waals surface area contributed by atoms with Gasteiger partial charge in [0.15, 0.2) is 0 Å². The summed E-state index contributed by atoms with van der Waals surface area (Å²) in [7, 11) is 0. The van der Waals surface area contributed by atoms with Crippen molar-refractivity contribution in [3.63, 3.8) is 0 Å². The Morgan fingerprint density at radius 3 is 3.05 bits per heavy atom. The van der Waals surface area contributed by atoms with Crippen LogP contribution >= 0.6 is 27.7 Å². The maximum absolute atomic E-state index is 9.82. The number of aliphatic hydroxyl groups excluding tert-OH is 1. The van der Waals surface area contributed by atoms with E-state index >= 15 is 0 Å². The number of ether oxygens (including phenoxy) is 1. The molecule has 20 heavy (non-hydrogen) atoms. The highest BCUT2D eigenvalue weighted by atomic mass is 79.9. The lowest BCUT2D eigenvalue weighted by molar-refractivity contribution is 0.106. The molecule has 110 valence electrons. The first-order chi connectivity index (χ1) is 9.63. The fourth-order valence-electron chi connectivity index (χ4n) is 1.51. The topological polar surface area (TPSA) is 41.5 Å². The normalized spacial score (nSPS) is 11.9. The van der Waals surface area contributed by atoms with Gasteiger partial charge >= 0.3 is 0 Å². The largest absolute Gasteiger partial charge is 0.490 e. The molecule has 0 saturated heterocycles. The molecule has 0 aromatic heterocycles. The molecule has 0 aliphatic heterocycles. The highest BCUT2D eigenvalue weighted by molar-refractivity contribution is 9.10. The summed E-state index contributed by atoms with van der Waals surface area (Å²) in [6, 6.07) is 5.87. The van der Waals surface area contributed by atoms with Crippen LogP contribution in [0.25, 0.3) is 0 Å². The maximum Gasteiger partial charge on any atom is 0.133 e. The molecule has 3 nitrogen and oxygen atoms in total. The summed E-state index contributed by atoms with van der Waals surface area (Å²) >= 11 is 5.14. The zero-order valence-electron chi connectivity index (χ0n) is 11.6. The van der Waals surface area contributed by atoms with Crippen molar-refractivity contribution in [1.82, 2.24) is 5.32 Å². The maximum atomic E-state index is 9.82. The summed E-state index contributed by atoms with van der Waals surface area (Å²) in [6.45, 7) is 3.63. The molecule has 0 heterocycles. The number of thioether (sulfide) groups is 1. The van der Waals surface area contributed by atoms with E-state index in [1.165, 1.54) is 0 Å². The first kappa shape index (κ1) is 17.4. The van der Waals surface area contributed by atoms with Gasteiger partial charge in [0, 0.05) is 18.8 Å². The third kappa shape index (κ3) is 7.20. The van der Waals surface area contributed by atoms with E-state index in [1.54, 1.807) is 11.8 Å². The van der Waals surface area contributed by atoms with Gasteiger partial charge in [0.2, 0.25) is 0 Å². The minimum Gasteiger partial charge on any atom is -0.490 e. The van der Waals surface area contributed by atoms with E-state index in [1.807, 2.05) is 25.1 Å². The van der Waals surface area contributed by atoms with Crippen LogP contribution in [0.3, 0.4) is 0 Å². The second-order valence-electron chi connectivity index (χ2n) is 4.36. The Morgan fingerprint density at radius 1 is 1.55 bits per heavy atom. The minimum absolute atomic E-state index is 0.270. The number of hydrogen-bond acceptors (Lipinski definition) is 4. The van der Waals surface area contributed by atoms with Gasteiger partial charge in [-0.05, 0) is 40.5 Å². The second kappa shape index (κ2) is 10.1. The van der Waals surface area contributed by atoms with Gasteiger partial charge in [-0.1, -0.05) is 12.0 Å². The van der Waals surface area contributed by atoms with Crippen molar-refractivity contribution in [2.45, 2.75) is 13.0 Å². The number of rotatable bonds is 9. The third-order valence-electron chi connectivity index (χ3n) is 2.51. The van der Waals surface area contributed by atoms with Crippen molar-refractivity contribution < 1.29 is 9.84 Å². The van der Waals surface area contributed by atoms with Crippen molar-refractivity contribution >= 4 is 27.7 Å². The Balaban J connectivity index is 2.16. The van der Waals surface area contributed by atoms with Gasteiger partial charge in [0.25, 0.3) is 0 Å². The second-order valence-corrected chi connectivity index (χ2v) is 6.32. The number of hydrogen-bond donors (Lipinski definition) is 2. The standard InChI is InChI=1S/C15H20BrNO2S/c1-3-7-20-8-6-17-10-13(18)11-19-15-5-4-12(2)9-14(15)16/h1,4-5,9,13,17-18H,6-8,10-11H2,2H3. The minimum atomic E-state index is -0.527. The first-order valence-corrected chi connectivity index (χ1v) is 8.37. The van der Waals surface area contributed by atoms with Gasteiger partial charge in [-0.25, -0.2) is 0 Å². The lowest BCUT2D eigenvalue weighted by Crippen LogP contribution is -2.32. The van der Waals surface area contributed by atoms with E-state index in [2.05, 4.69) is 27.2 Å². The highest BCUT2D eigenvalue weighted by Gasteiger charge is 2.07. The molecule has 2 N–H and O–H groups in total. The van der Waals surface area contributed by atoms with Crippen LogP contribution in [0.4, 0.5) is 0 Å². The highest BCUT2D eigenvalue weighted by Crippen LogP contribution is 2.25. The van der Waals surface area contributed by atoms with E-state index in [0.29, 0.717) is 6.54 Å². The summed E-state index contributed by atoms with van der Waals surface area (Å²) in [5.74, 6) is 5.00. The summed E-state index contributed by atoms with van der Waals surface area (Å²) in [5, 5.41) is 13.0. The number of nitrogens with one attached hydrogen (secondary N) is 1. The monoisotopic (exact) mass is 357 g/mol. The Labute approximate surface area is 133 Å². The van der Waals surface area contributed by atoms with Crippen molar-refractivity contribution in [3.05, 3.63) is 28.2 Å². The van der Waals surface area contributed by atoms with Crippen LogP contribution in [-0.4, -0.2) is 42.4 Å². The summed E-state index contributed by atoms with van der Waals surface area (Å²) < 4.78 is 6.49. The van der Waals surface area contributed by atoms with Gasteiger partial charge in [-0.2, -0.15) is 0 Å². The quantitative estimate of drug-likeness (QED) is 0.526. The van der Waals surface area contributed by atoms with Gasteiger partial charge in [0.05, 0.1) is 10.2 Å². The number of aryl methyl sites for hydroxylation is 1. The molecular weight excluding hydrogens is 338 g/mol. The molecule has 0 saturated carbocycles. The van der Waals surface area contributed by atoms with Crippen LogP contribution in [0.1, 0.15) is 5.56 Å². The van der Waals surface area contributed by atoms with Crippen LogP contribution in [0.2, 0.25) is 0 Å². The fourth-order valence-corrected chi connectivity index (χ4v) is 2.67. The molecule has 0 fully saturated rings. The SMILES string of the molecule is C#CCSCCNCC(O)COc1ccc(C)cc1Br. The van der Waals surface area contributed by atoms with Crippen LogP contribution in [0, 0.1) is 19.3 Å². The van der Waals surface area contributed by atoms with Gasteiger partial charge in [0.1, 0.15) is 18.5 Å². The third-order valence-corrected chi connectivity index (χ3v) is 3.99. The smallest absolute Gasteiger partial charge is 0.133 e.